The van der Waals surface area contributed by atoms with E-state index in [1.807, 2.05) is 18.2 Å². The Balaban J connectivity index is 1.60. The van der Waals surface area contributed by atoms with Crippen LogP contribution in [-0.4, -0.2) is 21.4 Å². The van der Waals surface area contributed by atoms with E-state index in [1.165, 1.54) is 36.1 Å². The molecule has 32 heavy (non-hydrogen) atoms. The minimum absolute atomic E-state index is 0.0714. The van der Waals surface area contributed by atoms with Gasteiger partial charge in [0, 0.05) is 24.5 Å². The van der Waals surface area contributed by atoms with Crippen LogP contribution >= 0.6 is 0 Å². The van der Waals surface area contributed by atoms with Crippen LogP contribution in [0.4, 0.5) is 0 Å². The highest BCUT2D eigenvalue weighted by Crippen LogP contribution is 2.30. The zero-order valence-electron chi connectivity index (χ0n) is 19.5. The first-order valence-electron chi connectivity index (χ1n) is 12.2. The fraction of sp³-hybridized carbons (Fsp3) is 0.414. The van der Waals surface area contributed by atoms with Gasteiger partial charge in [-0.25, -0.2) is 0 Å². The average molecular weight is 429 g/mol. The van der Waals surface area contributed by atoms with Gasteiger partial charge >= 0.3 is 0 Å². The number of aryl methyl sites for hydroxylation is 1. The minimum atomic E-state index is -0.0714. The quantitative estimate of drug-likeness (QED) is 0.392. The second-order valence-corrected chi connectivity index (χ2v) is 9.18. The van der Waals surface area contributed by atoms with E-state index in [2.05, 4.69) is 78.0 Å². The smallest absolute Gasteiger partial charge is 0.230 e. The van der Waals surface area contributed by atoms with Crippen molar-refractivity contribution in [3.05, 3.63) is 95.3 Å². The molecule has 3 aromatic rings. The number of aromatic nitrogens is 1. The summed E-state index contributed by atoms with van der Waals surface area (Å²) >= 11 is 0. The Hall–Kier alpha value is -2.81. The molecule has 3 nitrogen and oxygen atoms in total. The van der Waals surface area contributed by atoms with Gasteiger partial charge in [0.2, 0.25) is 5.91 Å². The maximum Gasteiger partial charge on any atom is 0.230 e. The molecule has 1 aliphatic rings. The van der Waals surface area contributed by atoms with Gasteiger partial charge in [-0.3, -0.25) is 4.79 Å². The molecule has 0 spiro atoms. The fourth-order valence-corrected chi connectivity index (χ4v) is 5.11. The zero-order chi connectivity index (χ0) is 22.3. The average Bonchev–Trinajstić information content (AvgIpc) is 3.27. The molecule has 0 N–H and O–H groups in total. The van der Waals surface area contributed by atoms with Gasteiger partial charge < -0.3 is 9.47 Å². The van der Waals surface area contributed by atoms with E-state index in [1.54, 1.807) is 0 Å². The van der Waals surface area contributed by atoms with Crippen molar-refractivity contribution < 1.29 is 4.79 Å². The van der Waals surface area contributed by atoms with Crippen LogP contribution in [0.5, 0.6) is 0 Å². The van der Waals surface area contributed by atoms with Crippen LogP contribution in [0.25, 0.3) is 0 Å². The number of benzene rings is 2. The largest absolute Gasteiger partial charge is 0.345 e. The molecule has 4 rings (SSSR count). The molecule has 0 saturated heterocycles. The van der Waals surface area contributed by atoms with Gasteiger partial charge in [0.25, 0.3) is 0 Å². The SMILES string of the molecule is CC[C@H](C(=O)N(Cc1cccn1Cc1ccccc1C)C1CCCCC1)c1ccccc1. The van der Waals surface area contributed by atoms with E-state index >= 15 is 0 Å². The summed E-state index contributed by atoms with van der Waals surface area (Å²) in [5.41, 5.74) is 4.99. The number of amides is 1. The normalized spacial score (nSPS) is 15.4. The van der Waals surface area contributed by atoms with Crippen LogP contribution in [0.2, 0.25) is 0 Å². The molecule has 1 aromatic heterocycles. The molecule has 2 aromatic carbocycles. The Labute approximate surface area is 193 Å². The lowest BCUT2D eigenvalue weighted by molar-refractivity contribution is -0.136. The molecule has 3 heteroatoms. The Kier molecular flexibility index (Phi) is 7.47. The number of carbonyl (C=O) groups is 1. The van der Waals surface area contributed by atoms with Crippen LogP contribution in [0.1, 0.15) is 73.8 Å². The summed E-state index contributed by atoms with van der Waals surface area (Å²) in [6.45, 7) is 5.83. The molecule has 1 atom stereocenters. The Morgan fingerprint density at radius 1 is 0.969 bits per heavy atom. The van der Waals surface area contributed by atoms with Crippen LogP contribution in [0, 0.1) is 6.92 Å². The van der Waals surface area contributed by atoms with Crippen molar-refractivity contribution in [2.24, 2.45) is 0 Å². The second kappa shape index (κ2) is 10.7. The van der Waals surface area contributed by atoms with E-state index in [9.17, 15) is 4.79 Å². The highest BCUT2D eigenvalue weighted by atomic mass is 16.2. The molecule has 1 heterocycles. The van der Waals surface area contributed by atoms with Crippen LogP contribution in [0.15, 0.2) is 72.9 Å². The van der Waals surface area contributed by atoms with Crippen molar-refractivity contribution in [3.8, 4) is 0 Å². The highest BCUT2D eigenvalue weighted by Gasteiger charge is 2.31. The summed E-state index contributed by atoms with van der Waals surface area (Å²) in [4.78, 5) is 16.2. The van der Waals surface area contributed by atoms with Gasteiger partial charge in [0.1, 0.15) is 0 Å². The topological polar surface area (TPSA) is 25.2 Å². The van der Waals surface area contributed by atoms with E-state index < -0.39 is 0 Å². The Bertz CT molecular complexity index is 1000. The van der Waals surface area contributed by atoms with Gasteiger partial charge in [0.05, 0.1) is 12.5 Å². The van der Waals surface area contributed by atoms with Crippen molar-refractivity contribution in [2.45, 2.75) is 77.4 Å². The fourth-order valence-electron chi connectivity index (χ4n) is 5.11. The number of nitrogens with zero attached hydrogens (tertiary/aromatic N) is 2. The van der Waals surface area contributed by atoms with E-state index in [-0.39, 0.29) is 11.8 Å². The standard InChI is InChI=1S/C29H36N2O/c1-3-28(24-14-6-4-7-15-24)29(32)31(26-17-8-5-9-18-26)22-27-19-12-20-30(27)21-25-16-11-10-13-23(25)2/h4,6-7,10-16,19-20,26,28H,3,5,8-9,17-18,21-22H2,1-2H3/t28-/m0/s1. The minimum Gasteiger partial charge on any atom is -0.345 e. The Morgan fingerprint density at radius 2 is 1.69 bits per heavy atom. The summed E-state index contributed by atoms with van der Waals surface area (Å²) in [7, 11) is 0. The van der Waals surface area contributed by atoms with Crippen LogP contribution in [0.3, 0.4) is 0 Å². The molecular formula is C29H36N2O. The predicted octanol–water partition coefficient (Wildman–Crippen LogP) is 6.70. The lowest BCUT2D eigenvalue weighted by Crippen LogP contribution is -2.43. The van der Waals surface area contributed by atoms with Gasteiger partial charge in [-0.2, -0.15) is 0 Å². The lowest BCUT2D eigenvalue weighted by Gasteiger charge is -2.37. The zero-order valence-corrected chi connectivity index (χ0v) is 19.5. The summed E-state index contributed by atoms with van der Waals surface area (Å²) in [5, 5.41) is 0. The first kappa shape index (κ1) is 22.4. The first-order valence-corrected chi connectivity index (χ1v) is 12.2. The second-order valence-electron chi connectivity index (χ2n) is 9.18. The van der Waals surface area contributed by atoms with Crippen molar-refractivity contribution in [1.29, 1.82) is 0 Å². The monoisotopic (exact) mass is 428 g/mol. The number of rotatable bonds is 8. The third kappa shape index (κ3) is 5.15. The van der Waals surface area contributed by atoms with E-state index in [0.717, 1.165) is 31.4 Å². The van der Waals surface area contributed by atoms with Gasteiger partial charge in [-0.15, -0.1) is 0 Å². The molecule has 1 aliphatic carbocycles. The summed E-state index contributed by atoms with van der Waals surface area (Å²) < 4.78 is 2.31. The van der Waals surface area contributed by atoms with Crippen LogP contribution in [-0.2, 0) is 17.9 Å². The van der Waals surface area contributed by atoms with E-state index in [0.29, 0.717) is 12.6 Å². The Morgan fingerprint density at radius 3 is 2.41 bits per heavy atom. The molecule has 0 unspecified atom stereocenters. The molecule has 0 radical (unpaired) electrons. The first-order chi connectivity index (χ1) is 15.7. The molecule has 168 valence electrons. The number of carbonyl (C=O) groups excluding carboxylic acids is 1. The van der Waals surface area contributed by atoms with Gasteiger partial charge in [-0.05, 0) is 55.0 Å². The van der Waals surface area contributed by atoms with Crippen molar-refractivity contribution in [1.82, 2.24) is 9.47 Å². The van der Waals surface area contributed by atoms with E-state index in [4.69, 9.17) is 0 Å². The maximum absolute atomic E-state index is 13.9. The van der Waals surface area contributed by atoms with Crippen molar-refractivity contribution in [3.63, 3.8) is 0 Å². The molecule has 1 fully saturated rings. The molecule has 1 saturated carbocycles. The van der Waals surface area contributed by atoms with Gasteiger partial charge in [-0.1, -0.05) is 80.8 Å². The molecule has 0 aliphatic heterocycles. The van der Waals surface area contributed by atoms with Crippen molar-refractivity contribution >= 4 is 5.91 Å². The lowest BCUT2D eigenvalue weighted by atomic mass is 9.90. The third-order valence-corrected chi connectivity index (χ3v) is 7.06. The number of hydrogen-bond donors (Lipinski definition) is 0. The van der Waals surface area contributed by atoms with Crippen molar-refractivity contribution in [2.75, 3.05) is 0 Å². The number of hydrogen-bond acceptors (Lipinski definition) is 1. The third-order valence-electron chi connectivity index (χ3n) is 7.06. The van der Waals surface area contributed by atoms with Gasteiger partial charge in [0.15, 0.2) is 0 Å². The van der Waals surface area contributed by atoms with Crippen LogP contribution < -0.4 is 0 Å². The predicted molar refractivity (Wildman–Crippen MR) is 132 cm³/mol. The molecule has 0 bridgehead atoms. The summed E-state index contributed by atoms with van der Waals surface area (Å²) in [5.74, 6) is 0.215. The molecular weight excluding hydrogens is 392 g/mol. The summed E-state index contributed by atoms with van der Waals surface area (Å²) in [6, 6.07) is 23.5. The molecule has 1 amide bonds. The summed E-state index contributed by atoms with van der Waals surface area (Å²) in [6.07, 6.45) is 8.96. The highest BCUT2D eigenvalue weighted by molar-refractivity contribution is 5.84. The maximum atomic E-state index is 13.9.